The van der Waals surface area contributed by atoms with E-state index in [9.17, 15) is 0 Å². The first-order chi connectivity index (χ1) is 15.0. The molecule has 0 radical (unpaired) electrons. The number of hydrogen-bond donors (Lipinski definition) is 0. The number of halogens is 1. The molecule has 182 valence electrons. The van der Waals surface area contributed by atoms with Crippen molar-refractivity contribution in [3.8, 4) is 5.75 Å². The van der Waals surface area contributed by atoms with E-state index < -0.39 is 0 Å². The molecule has 2 rings (SSSR count). The first kappa shape index (κ1) is 30.5. The molecule has 0 aromatic heterocycles. The molecule has 0 aliphatic heterocycles. The van der Waals surface area contributed by atoms with Gasteiger partial charge in [-0.05, 0) is 84.0 Å². The minimum atomic E-state index is 0.590. The fraction of sp³-hybridized carbons (Fsp3) is 0.586. The molecule has 0 aliphatic rings. The van der Waals surface area contributed by atoms with Crippen LogP contribution in [0.3, 0.4) is 0 Å². The van der Waals surface area contributed by atoms with Crippen molar-refractivity contribution >= 4 is 11.6 Å². The van der Waals surface area contributed by atoms with E-state index in [2.05, 4.69) is 80.5 Å². The van der Waals surface area contributed by atoms with Gasteiger partial charge < -0.3 is 9.47 Å². The van der Waals surface area contributed by atoms with Crippen molar-refractivity contribution < 1.29 is 9.47 Å². The third-order valence-corrected chi connectivity index (χ3v) is 6.04. The standard InChI is InChI=1S/C11H16O.C10H13Cl.C8H18O/c1-8(2)11-6-5-10(12-4)7-9(11)3;1-7(2)10-5-4-9(11)6-8(10)3;1-5-8(6-9-4)7(2)3/h5-8H,1-4H3;4-7H,1-3H3;7-8H,5-6H2,1-4H3. The average Bonchev–Trinajstić information content (AvgIpc) is 2.72. The second kappa shape index (κ2) is 16.2. The summed E-state index contributed by atoms with van der Waals surface area (Å²) in [6, 6.07) is 12.3. The minimum Gasteiger partial charge on any atom is -0.497 e. The van der Waals surface area contributed by atoms with E-state index in [1.165, 1.54) is 28.7 Å². The third-order valence-electron chi connectivity index (χ3n) is 5.80. The van der Waals surface area contributed by atoms with Crippen LogP contribution >= 0.6 is 11.6 Å². The molecule has 3 heteroatoms. The molecule has 0 N–H and O–H groups in total. The van der Waals surface area contributed by atoms with Crippen LogP contribution in [0.5, 0.6) is 5.75 Å². The van der Waals surface area contributed by atoms with Crippen LogP contribution in [0, 0.1) is 25.7 Å². The molecule has 2 aromatic carbocycles. The summed E-state index contributed by atoms with van der Waals surface area (Å²) in [6.07, 6.45) is 1.23. The number of hydrogen-bond acceptors (Lipinski definition) is 2. The van der Waals surface area contributed by atoms with E-state index in [4.69, 9.17) is 21.1 Å². The Kier molecular flexibility index (Phi) is 15.4. The largest absolute Gasteiger partial charge is 0.497 e. The highest BCUT2D eigenvalue weighted by Gasteiger charge is 2.09. The maximum absolute atomic E-state index is 5.82. The van der Waals surface area contributed by atoms with Crippen molar-refractivity contribution in [3.05, 3.63) is 63.7 Å². The summed E-state index contributed by atoms with van der Waals surface area (Å²) < 4.78 is 10.2. The highest BCUT2D eigenvalue weighted by molar-refractivity contribution is 6.30. The van der Waals surface area contributed by atoms with Gasteiger partial charge >= 0.3 is 0 Å². The predicted molar refractivity (Wildman–Crippen MR) is 143 cm³/mol. The first-order valence-corrected chi connectivity index (χ1v) is 12.3. The van der Waals surface area contributed by atoms with Gasteiger partial charge in [-0.15, -0.1) is 0 Å². The van der Waals surface area contributed by atoms with Gasteiger partial charge in [-0.2, -0.15) is 0 Å². The maximum Gasteiger partial charge on any atom is 0.119 e. The lowest BCUT2D eigenvalue weighted by atomic mass is 9.94. The molecule has 0 heterocycles. The highest BCUT2D eigenvalue weighted by Crippen LogP contribution is 2.23. The fourth-order valence-corrected chi connectivity index (χ4v) is 3.93. The zero-order valence-corrected chi connectivity index (χ0v) is 23.1. The van der Waals surface area contributed by atoms with Crippen LogP contribution in [0.25, 0.3) is 0 Å². The van der Waals surface area contributed by atoms with Crippen molar-refractivity contribution in [2.75, 3.05) is 20.8 Å². The lowest BCUT2D eigenvalue weighted by Crippen LogP contribution is -2.13. The van der Waals surface area contributed by atoms with Gasteiger partial charge in [0.15, 0.2) is 0 Å². The molecule has 32 heavy (non-hydrogen) atoms. The van der Waals surface area contributed by atoms with Crippen LogP contribution in [-0.4, -0.2) is 20.8 Å². The second-order valence-electron chi connectivity index (χ2n) is 9.40. The molecule has 2 nitrogen and oxygen atoms in total. The van der Waals surface area contributed by atoms with Crippen LogP contribution < -0.4 is 4.74 Å². The van der Waals surface area contributed by atoms with Crippen molar-refractivity contribution in [2.45, 2.75) is 80.6 Å². The molecule has 1 unspecified atom stereocenters. The van der Waals surface area contributed by atoms with E-state index in [-0.39, 0.29) is 0 Å². The number of rotatable bonds is 7. The van der Waals surface area contributed by atoms with Crippen LogP contribution in [0.1, 0.15) is 89.0 Å². The molecule has 0 saturated carbocycles. The summed E-state index contributed by atoms with van der Waals surface area (Å²) in [7, 11) is 3.47. The van der Waals surface area contributed by atoms with Crippen LogP contribution in [0.15, 0.2) is 36.4 Å². The van der Waals surface area contributed by atoms with Crippen LogP contribution in [0.2, 0.25) is 5.02 Å². The molecular formula is C29H47ClO2. The first-order valence-electron chi connectivity index (χ1n) is 11.9. The topological polar surface area (TPSA) is 18.5 Å². The molecule has 0 spiro atoms. The Morgan fingerprint density at radius 2 is 1.28 bits per heavy atom. The Bertz CT molecular complexity index is 766. The number of ether oxygens (including phenoxy) is 2. The van der Waals surface area contributed by atoms with Crippen LogP contribution in [-0.2, 0) is 4.74 Å². The molecule has 0 aliphatic carbocycles. The Labute approximate surface area is 203 Å². The summed E-state index contributed by atoms with van der Waals surface area (Å²) in [6.45, 7) is 20.6. The highest BCUT2D eigenvalue weighted by atomic mass is 35.5. The number of methoxy groups -OCH3 is 2. The molecule has 1 atom stereocenters. The summed E-state index contributed by atoms with van der Waals surface area (Å²) >= 11 is 5.82. The van der Waals surface area contributed by atoms with Gasteiger partial charge in [0, 0.05) is 18.7 Å². The third kappa shape index (κ3) is 11.4. The summed E-state index contributed by atoms with van der Waals surface area (Å²) in [5, 5.41) is 0.826. The Balaban J connectivity index is 0.000000456. The predicted octanol–water partition coefficient (Wildman–Crippen LogP) is 9.21. The van der Waals surface area contributed by atoms with Gasteiger partial charge in [0.25, 0.3) is 0 Å². The molecule has 0 fully saturated rings. The summed E-state index contributed by atoms with van der Waals surface area (Å²) in [5.74, 6) is 3.63. The van der Waals surface area contributed by atoms with Crippen molar-refractivity contribution in [1.29, 1.82) is 0 Å². The zero-order valence-electron chi connectivity index (χ0n) is 22.4. The second-order valence-corrected chi connectivity index (χ2v) is 9.84. The van der Waals surface area contributed by atoms with Gasteiger partial charge in [-0.25, -0.2) is 0 Å². The molecule has 0 saturated heterocycles. The number of aryl methyl sites for hydroxylation is 2. The maximum atomic E-state index is 5.82. The zero-order chi connectivity index (χ0) is 24.8. The molecule has 0 bridgehead atoms. The molecular weight excluding hydrogens is 416 g/mol. The van der Waals surface area contributed by atoms with Crippen molar-refractivity contribution in [2.24, 2.45) is 11.8 Å². The number of benzene rings is 2. The lowest BCUT2D eigenvalue weighted by Gasteiger charge is -2.16. The summed E-state index contributed by atoms with van der Waals surface area (Å²) in [4.78, 5) is 0. The Morgan fingerprint density at radius 3 is 1.59 bits per heavy atom. The normalized spacial score (nSPS) is 11.6. The van der Waals surface area contributed by atoms with Gasteiger partial charge in [0.2, 0.25) is 0 Å². The van der Waals surface area contributed by atoms with E-state index in [0.717, 1.165) is 29.2 Å². The van der Waals surface area contributed by atoms with Gasteiger partial charge in [0.1, 0.15) is 5.75 Å². The van der Waals surface area contributed by atoms with Gasteiger partial charge in [-0.3, -0.25) is 0 Å². The molecule has 0 amide bonds. The molecule has 2 aromatic rings. The minimum absolute atomic E-state index is 0.590. The Hall–Kier alpha value is -1.51. The van der Waals surface area contributed by atoms with Crippen LogP contribution in [0.4, 0.5) is 0 Å². The Morgan fingerprint density at radius 1 is 0.781 bits per heavy atom. The van der Waals surface area contributed by atoms with Gasteiger partial charge in [0.05, 0.1) is 7.11 Å². The van der Waals surface area contributed by atoms with E-state index in [1.54, 1.807) is 14.2 Å². The summed E-state index contributed by atoms with van der Waals surface area (Å²) in [5.41, 5.74) is 5.38. The van der Waals surface area contributed by atoms with E-state index in [1.807, 2.05) is 18.2 Å². The average molecular weight is 463 g/mol. The van der Waals surface area contributed by atoms with Crippen molar-refractivity contribution in [3.63, 3.8) is 0 Å². The van der Waals surface area contributed by atoms with E-state index >= 15 is 0 Å². The van der Waals surface area contributed by atoms with Gasteiger partial charge in [-0.1, -0.05) is 78.6 Å². The SMILES string of the molecule is CCC(COC)C(C)C.COc1ccc(C(C)C)c(C)c1.Cc1cc(Cl)ccc1C(C)C. The lowest BCUT2D eigenvalue weighted by molar-refractivity contribution is 0.127. The van der Waals surface area contributed by atoms with E-state index in [0.29, 0.717) is 11.8 Å². The quantitative estimate of drug-likeness (QED) is 0.408. The monoisotopic (exact) mass is 462 g/mol. The fourth-order valence-electron chi connectivity index (χ4n) is 3.71. The smallest absolute Gasteiger partial charge is 0.119 e. The van der Waals surface area contributed by atoms with Crippen molar-refractivity contribution in [1.82, 2.24) is 0 Å².